The Labute approximate surface area is 124 Å². The lowest BCUT2D eigenvalue weighted by Gasteiger charge is -2.17. The summed E-state index contributed by atoms with van der Waals surface area (Å²) in [6.07, 6.45) is 0.805. The lowest BCUT2D eigenvalue weighted by Crippen LogP contribution is -2.18. The molecule has 2 rings (SSSR count). The van der Waals surface area contributed by atoms with Crippen LogP contribution in [0.2, 0.25) is 0 Å². The summed E-state index contributed by atoms with van der Waals surface area (Å²) in [6, 6.07) is 12.4. The Morgan fingerprint density at radius 3 is 2.57 bits per heavy atom. The van der Waals surface area contributed by atoms with E-state index < -0.39 is 0 Å². The summed E-state index contributed by atoms with van der Waals surface area (Å²) in [5, 5.41) is 3.39. The van der Waals surface area contributed by atoms with Crippen molar-refractivity contribution < 1.29 is 9.13 Å². The Morgan fingerprint density at radius 1 is 1.19 bits per heavy atom. The second-order valence-electron chi connectivity index (χ2n) is 5.10. The number of hydrogen-bond donors (Lipinski definition) is 2. The van der Waals surface area contributed by atoms with Gasteiger partial charge < -0.3 is 15.8 Å². The van der Waals surface area contributed by atoms with Crippen molar-refractivity contribution >= 4 is 11.4 Å². The van der Waals surface area contributed by atoms with E-state index in [0.29, 0.717) is 12.3 Å². The smallest absolute Gasteiger partial charge is 0.123 e. The highest BCUT2D eigenvalue weighted by atomic mass is 19.1. The van der Waals surface area contributed by atoms with Gasteiger partial charge in [0.25, 0.3) is 0 Å². The minimum atomic E-state index is -0.212. The van der Waals surface area contributed by atoms with Gasteiger partial charge in [-0.2, -0.15) is 0 Å². The summed E-state index contributed by atoms with van der Waals surface area (Å²) in [5.74, 6) is 0.547. The normalized spacial score (nSPS) is 12.0. The van der Waals surface area contributed by atoms with Gasteiger partial charge in [-0.05, 0) is 44.0 Å². The molecule has 3 nitrogen and oxygen atoms in total. The molecule has 112 valence electrons. The molecule has 0 saturated heterocycles. The van der Waals surface area contributed by atoms with Crippen LogP contribution in [0, 0.1) is 5.82 Å². The second-order valence-corrected chi connectivity index (χ2v) is 5.10. The summed E-state index contributed by atoms with van der Waals surface area (Å²) < 4.78 is 18.4. The minimum Gasteiger partial charge on any atom is -0.494 e. The van der Waals surface area contributed by atoms with E-state index >= 15 is 0 Å². The standard InChI is InChI=1S/C17H21FN2O/c1-3-21-17-10-15(19)9-16(11-17)20-12(2)8-13-4-6-14(18)7-5-13/h4-7,9-12,20H,3,8,19H2,1-2H3. The predicted octanol–water partition coefficient (Wildman–Crippen LogP) is 3.85. The third kappa shape index (κ3) is 4.67. The minimum absolute atomic E-state index is 0.201. The van der Waals surface area contributed by atoms with Crippen molar-refractivity contribution in [1.82, 2.24) is 0 Å². The van der Waals surface area contributed by atoms with Gasteiger partial charge in [0.2, 0.25) is 0 Å². The monoisotopic (exact) mass is 288 g/mol. The number of benzene rings is 2. The second kappa shape index (κ2) is 6.97. The Morgan fingerprint density at radius 2 is 1.90 bits per heavy atom. The average Bonchev–Trinajstić information content (AvgIpc) is 2.41. The first-order valence-corrected chi connectivity index (χ1v) is 7.11. The molecule has 0 fully saturated rings. The number of nitrogens with one attached hydrogen (secondary N) is 1. The molecule has 0 aliphatic rings. The van der Waals surface area contributed by atoms with E-state index in [0.717, 1.165) is 23.4 Å². The zero-order chi connectivity index (χ0) is 15.2. The third-order valence-corrected chi connectivity index (χ3v) is 3.11. The van der Waals surface area contributed by atoms with Crippen molar-refractivity contribution in [2.24, 2.45) is 0 Å². The van der Waals surface area contributed by atoms with Gasteiger partial charge in [-0.25, -0.2) is 4.39 Å². The van der Waals surface area contributed by atoms with Gasteiger partial charge in [-0.3, -0.25) is 0 Å². The predicted molar refractivity (Wildman–Crippen MR) is 85.2 cm³/mol. The molecule has 2 aromatic carbocycles. The number of nitrogen functional groups attached to an aromatic ring is 1. The number of hydrogen-bond acceptors (Lipinski definition) is 3. The molecule has 0 saturated carbocycles. The topological polar surface area (TPSA) is 47.3 Å². The van der Waals surface area contributed by atoms with Gasteiger partial charge in [0.1, 0.15) is 11.6 Å². The molecule has 0 aliphatic carbocycles. The van der Waals surface area contributed by atoms with Crippen LogP contribution >= 0.6 is 0 Å². The summed E-state index contributed by atoms with van der Waals surface area (Å²) >= 11 is 0. The Balaban J connectivity index is 2.01. The molecular weight excluding hydrogens is 267 g/mol. The maximum absolute atomic E-state index is 12.9. The Bertz CT molecular complexity index is 584. The number of ether oxygens (including phenoxy) is 1. The summed E-state index contributed by atoms with van der Waals surface area (Å²) in [5.41, 5.74) is 8.55. The van der Waals surface area contributed by atoms with E-state index in [1.165, 1.54) is 12.1 Å². The lowest BCUT2D eigenvalue weighted by molar-refractivity contribution is 0.340. The van der Waals surface area contributed by atoms with Crippen LogP contribution in [0.3, 0.4) is 0 Å². The molecule has 21 heavy (non-hydrogen) atoms. The van der Waals surface area contributed by atoms with Crippen LogP contribution in [-0.2, 0) is 6.42 Å². The zero-order valence-corrected chi connectivity index (χ0v) is 12.4. The van der Waals surface area contributed by atoms with Crippen LogP contribution in [0.25, 0.3) is 0 Å². The molecule has 1 unspecified atom stereocenters. The number of rotatable bonds is 6. The van der Waals surface area contributed by atoms with Gasteiger partial charge in [0.05, 0.1) is 6.61 Å². The first-order valence-electron chi connectivity index (χ1n) is 7.11. The molecule has 0 radical (unpaired) electrons. The van der Waals surface area contributed by atoms with E-state index in [9.17, 15) is 4.39 Å². The molecular formula is C17H21FN2O. The van der Waals surface area contributed by atoms with Crippen LogP contribution < -0.4 is 15.8 Å². The highest BCUT2D eigenvalue weighted by Crippen LogP contribution is 2.23. The molecule has 3 N–H and O–H groups in total. The fourth-order valence-corrected chi connectivity index (χ4v) is 2.27. The van der Waals surface area contributed by atoms with Gasteiger partial charge in [0.15, 0.2) is 0 Å². The molecule has 1 atom stereocenters. The van der Waals surface area contributed by atoms with Crippen molar-refractivity contribution in [3.8, 4) is 5.75 Å². The molecule has 2 aromatic rings. The Kier molecular flexibility index (Phi) is 5.04. The summed E-state index contributed by atoms with van der Waals surface area (Å²) in [6.45, 7) is 4.62. The molecule has 0 aromatic heterocycles. The average molecular weight is 288 g/mol. The van der Waals surface area contributed by atoms with Gasteiger partial charge in [-0.15, -0.1) is 0 Å². The van der Waals surface area contributed by atoms with Crippen molar-refractivity contribution in [2.45, 2.75) is 26.3 Å². The first kappa shape index (κ1) is 15.2. The molecule has 0 amide bonds. The number of halogens is 1. The van der Waals surface area contributed by atoms with Crippen LogP contribution in [0.15, 0.2) is 42.5 Å². The van der Waals surface area contributed by atoms with E-state index in [1.54, 1.807) is 18.2 Å². The highest BCUT2D eigenvalue weighted by Gasteiger charge is 2.06. The number of anilines is 2. The Hall–Kier alpha value is -2.23. The van der Waals surface area contributed by atoms with Crippen LogP contribution in [-0.4, -0.2) is 12.6 Å². The van der Waals surface area contributed by atoms with Gasteiger partial charge in [0, 0.05) is 29.5 Å². The largest absolute Gasteiger partial charge is 0.494 e. The molecule has 0 spiro atoms. The zero-order valence-electron chi connectivity index (χ0n) is 12.4. The fourth-order valence-electron chi connectivity index (χ4n) is 2.27. The van der Waals surface area contributed by atoms with Crippen LogP contribution in [0.5, 0.6) is 5.75 Å². The van der Waals surface area contributed by atoms with Crippen LogP contribution in [0.4, 0.5) is 15.8 Å². The van der Waals surface area contributed by atoms with E-state index in [1.807, 2.05) is 19.1 Å². The maximum Gasteiger partial charge on any atom is 0.123 e. The molecule has 4 heteroatoms. The first-order chi connectivity index (χ1) is 10.1. The molecule has 0 bridgehead atoms. The van der Waals surface area contributed by atoms with Crippen molar-refractivity contribution in [3.63, 3.8) is 0 Å². The SMILES string of the molecule is CCOc1cc(N)cc(NC(C)Cc2ccc(F)cc2)c1. The van der Waals surface area contributed by atoms with E-state index in [2.05, 4.69) is 12.2 Å². The van der Waals surface area contributed by atoms with Crippen molar-refractivity contribution in [1.29, 1.82) is 0 Å². The molecule has 0 heterocycles. The van der Waals surface area contributed by atoms with Crippen molar-refractivity contribution in [2.75, 3.05) is 17.7 Å². The van der Waals surface area contributed by atoms with Crippen molar-refractivity contribution in [3.05, 3.63) is 53.8 Å². The summed E-state index contributed by atoms with van der Waals surface area (Å²) in [7, 11) is 0. The lowest BCUT2D eigenvalue weighted by atomic mass is 10.1. The van der Waals surface area contributed by atoms with Crippen LogP contribution in [0.1, 0.15) is 19.4 Å². The van der Waals surface area contributed by atoms with E-state index in [-0.39, 0.29) is 11.9 Å². The number of nitrogens with two attached hydrogens (primary N) is 1. The summed E-state index contributed by atoms with van der Waals surface area (Å²) in [4.78, 5) is 0. The van der Waals surface area contributed by atoms with Gasteiger partial charge in [-0.1, -0.05) is 12.1 Å². The molecule has 0 aliphatic heterocycles. The maximum atomic E-state index is 12.9. The fraction of sp³-hybridized carbons (Fsp3) is 0.294. The third-order valence-electron chi connectivity index (χ3n) is 3.11. The van der Waals surface area contributed by atoms with Gasteiger partial charge >= 0.3 is 0 Å². The quantitative estimate of drug-likeness (QED) is 0.794. The van der Waals surface area contributed by atoms with E-state index in [4.69, 9.17) is 10.5 Å². The highest BCUT2D eigenvalue weighted by molar-refractivity contribution is 5.59.